The Morgan fingerprint density at radius 2 is 2.11 bits per heavy atom. The van der Waals surface area contributed by atoms with E-state index in [9.17, 15) is 0 Å². The van der Waals surface area contributed by atoms with E-state index in [4.69, 9.17) is 17.3 Å². The Labute approximate surface area is 115 Å². The Morgan fingerprint density at radius 1 is 1.33 bits per heavy atom. The molecular weight excluding hydrogens is 244 g/mol. The molecule has 18 heavy (non-hydrogen) atoms. The van der Waals surface area contributed by atoms with Crippen LogP contribution < -0.4 is 10.6 Å². The van der Waals surface area contributed by atoms with Crippen molar-refractivity contribution in [3.8, 4) is 0 Å². The number of halogens is 1. The fourth-order valence-corrected chi connectivity index (χ4v) is 3.05. The zero-order valence-electron chi connectivity index (χ0n) is 11.3. The minimum Gasteiger partial charge on any atom is -0.370 e. The number of para-hydroxylation sites is 1. The lowest BCUT2D eigenvalue weighted by Gasteiger charge is -2.38. The van der Waals surface area contributed by atoms with Gasteiger partial charge in [0.1, 0.15) is 0 Å². The molecule has 1 fully saturated rings. The van der Waals surface area contributed by atoms with E-state index in [0.29, 0.717) is 6.54 Å². The lowest BCUT2D eigenvalue weighted by molar-refractivity contribution is 0.323. The van der Waals surface area contributed by atoms with Gasteiger partial charge in [0.05, 0.1) is 10.7 Å². The van der Waals surface area contributed by atoms with E-state index in [1.165, 1.54) is 17.7 Å². The Kier molecular flexibility index (Phi) is 4.52. The van der Waals surface area contributed by atoms with Gasteiger partial charge in [0.25, 0.3) is 0 Å². The fraction of sp³-hybridized carbons (Fsp3) is 0.600. The molecule has 1 aliphatic rings. The summed E-state index contributed by atoms with van der Waals surface area (Å²) in [5, 5.41) is 0.864. The van der Waals surface area contributed by atoms with Gasteiger partial charge in [-0.25, -0.2) is 0 Å². The van der Waals surface area contributed by atoms with Crippen LogP contribution in [0, 0.1) is 11.8 Å². The van der Waals surface area contributed by atoms with E-state index in [-0.39, 0.29) is 0 Å². The molecule has 3 heteroatoms. The molecule has 2 N–H and O–H groups in total. The van der Waals surface area contributed by atoms with Crippen LogP contribution in [0.25, 0.3) is 0 Å². The lowest BCUT2D eigenvalue weighted by Crippen LogP contribution is -2.39. The number of nitrogens with two attached hydrogens (primary N) is 1. The van der Waals surface area contributed by atoms with Gasteiger partial charge in [0, 0.05) is 13.1 Å². The molecule has 0 spiro atoms. The van der Waals surface area contributed by atoms with E-state index in [0.717, 1.165) is 36.4 Å². The first-order chi connectivity index (χ1) is 8.63. The summed E-state index contributed by atoms with van der Waals surface area (Å²) in [6, 6.07) is 6.16. The van der Waals surface area contributed by atoms with Crippen molar-refractivity contribution in [3.63, 3.8) is 0 Å². The highest BCUT2D eigenvalue weighted by molar-refractivity contribution is 6.33. The van der Waals surface area contributed by atoms with Crippen LogP contribution in [0.2, 0.25) is 5.02 Å². The fourth-order valence-electron chi connectivity index (χ4n) is 2.74. The molecule has 0 aliphatic carbocycles. The molecule has 2 nitrogen and oxygen atoms in total. The van der Waals surface area contributed by atoms with Crippen LogP contribution in [0.15, 0.2) is 18.2 Å². The standard InChI is InChI=1S/C15H23ClN2/c1-11-7-9-18(10-12(11)2)15-13(6-8-17)4-3-5-14(15)16/h3-5,11-12H,6-10,17H2,1-2H3. The zero-order valence-corrected chi connectivity index (χ0v) is 12.1. The Morgan fingerprint density at radius 3 is 2.78 bits per heavy atom. The first-order valence-corrected chi connectivity index (χ1v) is 7.23. The minimum absolute atomic E-state index is 0.674. The van der Waals surface area contributed by atoms with Gasteiger partial charge in [-0.15, -0.1) is 0 Å². The van der Waals surface area contributed by atoms with E-state index in [2.05, 4.69) is 24.8 Å². The van der Waals surface area contributed by atoms with E-state index < -0.39 is 0 Å². The van der Waals surface area contributed by atoms with Crippen molar-refractivity contribution < 1.29 is 0 Å². The monoisotopic (exact) mass is 266 g/mol. The molecule has 1 heterocycles. The lowest BCUT2D eigenvalue weighted by atomic mass is 9.88. The third kappa shape index (κ3) is 2.81. The quantitative estimate of drug-likeness (QED) is 0.909. The molecule has 2 unspecified atom stereocenters. The molecule has 1 aliphatic heterocycles. The molecule has 2 rings (SSSR count). The maximum atomic E-state index is 6.40. The minimum atomic E-state index is 0.674. The highest BCUT2D eigenvalue weighted by Crippen LogP contribution is 2.34. The van der Waals surface area contributed by atoms with Crippen molar-refractivity contribution in [1.82, 2.24) is 0 Å². The number of hydrogen-bond acceptors (Lipinski definition) is 2. The maximum absolute atomic E-state index is 6.40. The largest absolute Gasteiger partial charge is 0.370 e. The van der Waals surface area contributed by atoms with E-state index in [1.54, 1.807) is 0 Å². The number of piperidine rings is 1. The molecule has 2 atom stereocenters. The Balaban J connectivity index is 2.26. The molecule has 100 valence electrons. The smallest absolute Gasteiger partial charge is 0.0642 e. The molecule has 1 saturated heterocycles. The molecule has 0 bridgehead atoms. The summed E-state index contributed by atoms with van der Waals surface area (Å²) in [7, 11) is 0. The van der Waals surface area contributed by atoms with Crippen molar-refractivity contribution in [2.45, 2.75) is 26.7 Å². The van der Waals surface area contributed by atoms with E-state index >= 15 is 0 Å². The van der Waals surface area contributed by atoms with Crippen LogP contribution in [0.4, 0.5) is 5.69 Å². The topological polar surface area (TPSA) is 29.3 Å². The highest BCUT2D eigenvalue weighted by Gasteiger charge is 2.25. The zero-order chi connectivity index (χ0) is 13.1. The second kappa shape index (κ2) is 5.94. The predicted molar refractivity (Wildman–Crippen MR) is 79.4 cm³/mol. The maximum Gasteiger partial charge on any atom is 0.0642 e. The summed E-state index contributed by atoms with van der Waals surface area (Å²) in [6.07, 6.45) is 2.14. The van der Waals surface area contributed by atoms with Crippen molar-refractivity contribution in [3.05, 3.63) is 28.8 Å². The van der Waals surface area contributed by atoms with Crippen molar-refractivity contribution in [2.24, 2.45) is 17.6 Å². The molecule has 0 saturated carbocycles. The summed E-state index contributed by atoms with van der Waals surface area (Å²) in [4.78, 5) is 2.44. The van der Waals surface area contributed by atoms with Gasteiger partial charge in [-0.2, -0.15) is 0 Å². The number of benzene rings is 1. The SMILES string of the molecule is CC1CCN(c2c(Cl)cccc2CCN)CC1C. The Bertz CT molecular complexity index is 405. The molecule has 1 aromatic carbocycles. The van der Waals surface area contributed by atoms with Crippen LogP contribution in [0.5, 0.6) is 0 Å². The second-order valence-corrected chi connectivity index (χ2v) is 5.88. The predicted octanol–water partition coefficient (Wildman–Crippen LogP) is 3.32. The van der Waals surface area contributed by atoms with Gasteiger partial charge in [-0.3, -0.25) is 0 Å². The number of rotatable bonds is 3. The van der Waals surface area contributed by atoms with Gasteiger partial charge in [0.15, 0.2) is 0 Å². The highest BCUT2D eigenvalue weighted by atomic mass is 35.5. The summed E-state index contributed by atoms with van der Waals surface area (Å²) < 4.78 is 0. The summed E-state index contributed by atoms with van der Waals surface area (Å²) in [5.74, 6) is 1.53. The number of anilines is 1. The molecular formula is C15H23ClN2. The third-order valence-corrected chi connectivity index (χ3v) is 4.44. The summed E-state index contributed by atoms with van der Waals surface area (Å²) in [5.41, 5.74) is 8.19. The molecule has 0 aromatic heterocycles. The van der Waals surface area contributed by atoms with Crippen molar-refractivity contribution in [1.29, 1.82) is 0 Å². The average Bonchev–Trinajstić information content (AvgIpc) is 2.34. The summed E-state index contributed by atoms with van der Waals surface area (Å²) >= 11 is 6.40. The molecule has 0 radical (unpaired) electrons. The second-order valence-electron chi connectivity index (χ2n) is 5.48. The first kappa shape index (κ1) is 13.7. The summed E-state index contributed by atoms with van der Waals surface area (Å²) in [6.45, 7) is 7.55. The first-order valence-electron chi connectivity index (χ1n) is 6.86. The van der Waals surface area contributed by atoms with Crippen LogP contribution in [0.1, 0.15) is 25.8 Å². The number of nitrogens with zero attached hydrogens (tertiary/aromatic N) is 1. The van der Waals surface area contributed by atoms with Gasteiger partial charge in [-0.05, 0) is 42.9 Å². The van der Waals surface area contributed by atoms with Gasteiger partial charge in [-0.1, -0.05) is 37.6 Å². The van der Waals surface area contributed by atoms with Crippen molar-refractivity contribution >= 4 is 17.3 Å². The van der Waals surface area contributed by atoms with Gasteiger partial charge >= 0.3 is 0 Å². The van der Waals surface area contributed by atoms with Crippen LogP contribution in [0.3, 0.4) is 0 Å². The van der Waals surface area contributed by atoms with Gasteiger partial charge < -0.3 is 10.6 Å². The van der Waals surface area contributed by atoms with Crippen molar-refractivity contribution in [2.75, 3.05) is 24.5 Å². The third-order valence-electron chi connectivity index (χ3n) is 4.13. The molecule has 1 aromatic rings. The van der Waals surface area contributed by atoms with E-state index in [1.807, 2.05) is 12.1 Å². The average molecular weight is 267 g/mol. The number of hydrogen-bond donors (Lipinski definition) is 1. The van der Waals surface area contributed by atoms with Crippen LogP contribution in [-0.4, -0.2) is 19.6 Å². The molecule has 0 amide bonds. The Hall–Kier alpha value is -0.730. The van der Waals surface area contributed by atoms with Crippen LogP contribution in [-0.2, 0) is 6.42 Å². The normalized spacial score (nSPS) is 24.3. The van der Waals surface area contributed by atoms with Crippen LogP contribution >= 0.6 is 11.6 Å². The van der Waals surface area contributed by atoms with Gasteiger partial charge in [0.2, 0.25) is 0 Å².